The Kier molecular flexibility index (Phi) is 3.98. The number of carboxylic acid groups (broad SMARTS) is 1. The predicted octanol–water partition coefficient (Wildman–Crippen LogP) is 0.172. The van der Waals surface area contributed by atoms with Crippen LogP contribution in [0.3, 0.4) is 0 Å². The molecule has 112 valence electrons. The maximum absolute atomic E-state index is 10.9. The average molecular weight is 291 g/mol. The highest BCUT2D eigenvalue weighted by Gasteiger charge is 2.11. The summed E-state index contributed by atoms with van der Waals surface area (Å²) in [4.78, 5) is 17.2. The molecule has 1 aliphatic rings. The van der Waals surface area contributed by atoms with Gasteiger partial charge in [0.1, 0.15) is 5.82 Å². The van der Waals surface area contributed by atoms with Crippen molar-refractivity contribution in [2.75, 3.05) is 44.7 Å². The Morgan fingerprint density at radius 2 is 2.19 bits per heavy atom. The molecule has 1 aliphatic heterocycles. The normalized spacial score (nSPS) is 16.2. The fourth-order valence-electron chi connectivity index (χ4n) is 2.25. The number of hydrogen-bond donors (Lipinski definition) is 2. The van der Waals surface area contributed by atoms with E-state index in [1.165, 1.54) is 10.7 Å². The summed E-state index contributed by atoms with van der Waals surface area (Å²) in [6.45, 7) is 5.19. The standard InChI is InChI=1S/C13H17N5O3/c19-13(20)10-9-18-12(15-10)2-1-11(16-18)14-3-4-17-5-7-21-8-6-17/h1-2,9H,3-8H2,(H,14,16)(H,19,20). The molecule has 21 heavy (non-hydrogen) atoms. The molecular formula is C13H17N5O3. The molecule has 3 rings (SSSR count). The van der Waals surface area contributed by atoms with Crippen LogP contribution in [0.1, 0.15) is 10.5 Å². The molecule has 0 radical (unpaired) electrons. The van der Waals surface area contributed by atoms with Crippen LogP contribution in [0.2, 0.25) is 0 Å². The lowest BCUT2D eigenvalue weighted by molar-refractivity contribution is 0.0398. The number of nitrogens with one attached hydrogen (secondary N) is 1. The van der Waals surface area contributed by atoms with Crippen LogP contribution in [0.15, 0.2) is 18.3 Å². The van der Waals surface area contributed by atoms with E-state index < -0.39 is 5.97 Å². The number of imidazole rings is 1. The quantitative estimate of drug-likeness (QED) is 0.811. The highest BCUT2D eigenvalue weighted by atomic mass is 16.5. The first-order valence-corrected chi connectivity index (χ1v) is 6.86. The molecule has 0 amide bonds. The Bertz CT molecular complexity index is 636. The third-order valence-electron chi connectivity index (χ3n) is 3.38. The number of carbonyl (C=O) groups is 1. The van der Waals surface area contributed by atoms with Gasteiger partial charge in [0.25, 0.3) is 0 Å². The van der Waals surface area contributed by atoms with E-state index in [2.05, 4.69) is 20.3 Å². The predicted molar refractivity (Wildman–Crippen MR) is 75.7 cm³/mol. The summed E-state index contributed by atoms with van der Waals surface area (Å²) >= 11 is 0. The molecule has 8 heteroatoms. The first-order valence-electron chi connectivity index (χ1n) is 6.86. The smallest absolute Gasteiger partial charge is 0.356 e. The summed E-state index contributed by atoms with van der Waals surface area (Å²) in [5.74, 6) is -0.354. The van der Waals surface area contributed by atoms with E-state index >= 15 is 0 Å². The molecule has 1 saturated heterocycles. The highest BCUT2D eigenvalue weighted by molar-refractivity contribution is 5.86. The third-order valence-corrected chi connectivity index (χ3v) is 3.38. The Labute approximate surface area is 121 Å². The lowest BCUT2D eigenvalue weighted by Gasteiger charge is -2.26. The van der Waals surface area contributed by atoms with Crippen LogP contribution in [0.25, 0.3) is 5.65 Å². The lowest BCUT2D eigenvalue weighted by Crippen LogP contribution is -2.39. The Morgan fingerprint density at radius 3 is 2.95 bits per heavy atom. The number of carboxylic acids is 1. The average Bonchev–Trinajstić information content (AvgIpc) is 2.92. The molecule has 0 bridgehead atoms. The minimum atomic E-state index is -1.05. The molecule has 0 aromatic carbocycles. The highest BCUT2D eigenvalue weighted by Crippen LogP contribution is 2.08. The van der Waals surface area contributed by atoms with Crippen molar-refractivity contribution < 1.29 is 14.6 Å². The summed E-state index contributed by atoms with van der Waals surface area (Å²) in [7, 11) is 0. The molecule has 0 aliphatic carbocycles. The molecule has 2 N–H and O–H groups in total. The van der Waals surface area contributed by atoms with Gasteiger partial charge in [-0.05, 0) is 12.1 Å². The number of fused-ring (bicyclic) bond motifs is 1. The molecule has 0 saturated carbocycles. The van der Waals surface area contributed by atoms with E-state index in [0.717, 1.165) is 39.4 Å². The summed E-state index contributed by atoms with van der Waals surface area (Å²) in [5.41, 5.74) is 0.513. The first kappa shape index (κ1) is 13.8. The van der Waals surface area contributed by atoms with E-state index in [0.29, 0.717) is 11.5 Å². The summed E-state index contributed by atoms with van der Waals surface area (Å²) in [6.07, 6.45) is 1.41. The fraction of sp³-hybridized carbons (Fsp3) is 0.462. The summed E-state index contributed by atoms with van der Waals surface area (Å²) in [5, 5.41) is 16.4. The number of anilines is 1. The molecule has 1 fully saturated rings. The van der Waals surface area contributed by atoms with Crippen molar-refractivity contribution >= 4 is 17.4 Å². The molecule has 0 spiro atoms. The summed E-state index contributed by atoms with van der Waals surface area (Å²) in [6, 6.07) is 3.55. The van der Waals surface area contributed by atoms with Crippen LogP contribution in [0.4, 0.5) is 5.82 Å². The van der Waals surface area contributed by atoms with Crippen molar-refractivity contribution in [1.29, 1.82) is 0 Å². The van der Waals surface area contributed by atoms with Crippen LogP contribution in [0, 0.1) is 0 Å². The van der Waals surface area contributed by atoms with Gasteiger partial charge in [0, 0.05) is 26.2 Å². The molecular weight excluding hydrogens is 274 g/mol. The van der Waals surface area contributed by atoms with Gasteiger partial charge in [-0.2, -0.15) is 0 Å². The number of aromatic nitrogens is 3. The number of aromatic carboxylic acids is 1. The minimum absolute atomic E-state index is 0.00651. The topological polar surface area (TPSA) is 92.0 Å². The van der Waals surface area contributed by atoms with Crippen LogP contribution >= 0.6 is 0 Å². The number of hydrogen-bond acceptors (Lipinski definition) is 6. The molecule has 3 heterocycles. The number of morpholine rings is 1. The Hall–Kier alpha value is -2.19. The van der Waals surface area contributed by atoms with Gasteiger partial charge in [0.15, 0.2) is 11.3 Å². The van der Waals surface area contributed by atoms with E-state index in [4.69, 9.17) is 9.84 Å². The van der Waals surface area contributed by atoms with E-state index in [9.17, 15) is 4.79 Å². The first-order chi connectivity index (χ1) is 10.2. The van der Waals surface area contributed by atoms with Crippen LogP contribution in [-0.4, -0.2) is 70.0 Å². The third kappa shape index (κ3) is 3.29. The summed E-state index contributed by atoms with van der Waals surface area (Å²) < 4.78 is 6.77. The zero-order chi connectivity index (χ0) is 14.7. The molecule has 2 aromatic rings. The SMILES string of the molecule is O=C(O)c1cn2nc(NCCN3CCOCC3)ccc2n1. The van der Waals surface area contributed by atoms with E-state index in [1.54, 1.807) is 12.1 Å². The van der Waals surface area contributed by atoms with Crippen molar-refractivity contribution in [3.63, 3.8) is 0 Å². The number of ether oxygens (including phenoxy) is 1. The monoisotopic (exact) mass is 291 g/mol. The van der Waals surface area contributed by atoms with Gasteiger partial charge >= 0.3 is 5.97 Å². The van der Waals surface area contributed by atoms with Crippen molar-refractivity contribution in [3.8, 4) is 0 Å². The zero-order valence-corrected chi connectivity index (χ0v) is 11.5. The second-order valence-corrected chi connectivity index (χ2v) is 4.83. The number of rotatable bonds is 5. The van der Waals surface area contributed by atoms with Crippen LogP contribution < -0.4 is 5.32 Å². The molecule has 2 aromatic heterocycles. The van der Waals surface area contributed by atoms with Crippen molar-refractivity contribution in [3.05, 3.63) is 24.0 Å². The van der Waals surface area contributed by atoms with Crippen LogP contribution in [-0.2, 0) is 4.74 Å². The molecule has 8 nitrogen and oxygen atoms in total. The number of nitrogens with zero attached hydrogens (tertiary/aromatic N) is 4. The van der Waals surface area contributed by atoms with E-state index in [1.807, 2.05) is 0 Å². The Morgan fingerprint density at radius 1 is 1.38 bits per heavy atom. The zero-order valence-electron chi connectivity index (χ0n) is 11.5. The van der Waals surface area contributed by atoms with Crippen molar-refractivity contribution in [2.24, 2.45) is 0 Å². The fourth-order valence-corrected chi connectivity index (χ4v) is 2.25. The van der Waals surface area contributed by atoms with Gasteiger partial charge in [0.2, 0.25) is 0 Å². The van der Waals surface area contributed by atoms with Gasteiger partial charge in [-0.3, -0.25) is 4.90 Å². The maximum atomic E-state index is 10.9. The van der Waals surface area contributed by atoms with Gasteiger partial charge in [-0.1, -0.05) is 0 Å². The molecule has 0 atom stereocenters. The second-order valence-electron chi connectivity index (χ2n) is 4.83. The van der Waals surface area contributed by atoms with Gasteiger partial charge < -0.3 is 15.2 Å². The largest absolute Gasteiger partial charge is 0.476 e. The maximum Gasteiger partial charge on any atom is 0.356 e. The lowest BCUT2D eigenvalue weighted by atomic mass is 10.4. The van der Waals surface area contributed by atoms with Crippen molar-refractivity contribution in [2.45, 2.75) is 0 Å². The van der Waals surface area contributed by atoms with Gasteiger partial charge in [0.05, 0.1) is 19.4 Å². The minimum Gasteiger partial charge on any atom is -0.476 e. The van der Waals surface area contributed by atoms with Gasteiger partial charge in [-0.25, -0.2) is 14.3 Å². The van der Waals surface area contributed by atoms with Crippen molar-refractivity contribution in [1.82, 2.24) is 19.5 Å². The second kappa shape index (κ2) is 6.06. The molecule has 0 unspecified atom stereocenters. The van der Waals surface area contributed by atoms with Gasteiger partial charge in [-0.15, -0.1) is 5.10 Å². The van der Waals surface area contributed by atoms with Crippen LogP contribution in [0.5, 0.6) is 0 Å². The Balaban J connectivity index is 1.60. The van der Waals surface area contributed by atoms with E-state index in [-0.39, 0.29) is 5.69 Å².